The minimum Gasteiger partial charge on any atom is -0.394 e. The molecule has 1 aliphatic rings. The number of carbonyl (C=O) groups is 1. The van der Waals surface area contributed by atoms with Crippen LogP contribution >= 0.6 is 0 Å². The molecule has 102 valence electrons. The Labute approximate surface area is 101 Å². The van der Waals surface area contributed by atoms with Gasteiger partial charge < -0.3 is 30.5 Å². The molecule has 0 radical (unpaired) electrons. The second-order valence-corrected chi connectivity index (χ2v) is 3.71. The molecule has 10 heteroatoms. The Morgan fingerprint density at radius 3 is 2.61 bits per heavy atom. The average Bonchev–Trinajstić information content (AvgIpc) is 2.36. The molecule has 0 aliphatic carbocycles. The van der Waals surface area contributed by atoms with Crippen LogP contribution in [0.4, 0.5) is 0 Å². The number of amides is 1. The van der Waals surface area contributed by atoms with Crippen LogP contribution in [-0.4, -0.2) is 70.1 Å². The molecule has 1 rings (SSSR count). The third kappa shape index (κ3) is 3.29. The van der Waals surface area contributed by atoms with Gasteiger partial charge in [0, 0.05) is 4.91 Å². The predicted molar refractivity (Wildman–Crippen MR) is 55.9 cm³/mol. The fourth-order valence-corrected chi connectivity index (χ4v) is 1.58. The van der Waals surface area contributed by atoms with E-state index in [9.17, 15) is 20.1 Å². The van der Waals surface area contributed by atoms with E-state index in [1.165, 1.54) is 0 Å². The van der Waals surface area contributed by atoms with Crippen LogP contribution in [0.25, 0.3) is 10.4 Å². The molecule has 18 heavy (non-hydrogen) atoms. The fourth-order valence-electron chi connectivity index (χ4n) is 1.58. The molecule has 1 heterocycles. The highest BCUT2D eigenvalue weighted by Crippen LogP contribution is 2.19. The number of aliphatic hydroxyl groups excluding tert-OH is 4. The molecule has 1 saturated heterocycles. The summed E-state index contributed by atoms with van der Waals surface area (Å²) >= 11 is 0. The van der Waals surface area contributed by atoms with Crippen LogP contribution in [0.1, 0.15) is 0 Å². The summed E-state index contributed by atoms with van der Waals surface area (Å²) in [6.45, 7) is -1.10. The van der Waals surface area contributed by atoms with Crippen molar-refractivity contribution in [3.63, 3.8) is 0 Å². The summed E-state index contributed by atoms with van der Waals surface area (Å²) in [4.78, 5) is 13.6. The van der Waals surface area contributed by atoms with Gasteiger partial charge in [0.15, 0.2) is 6.29 Å². The Morgan fingerprint density at radius 1 is 1.39 bits per heavy atom. The third-order valence-corrected chi connectivity index (χ3v) is 2.51. The minimum atomic E-state index is -1.59. The van der Waals surface area contributed by atoms with E-state index in [2.05, 4.69) is 15.3 Å². The maximum absolute atomic E-state index is 11.2. The van der Waals surface area contributed by atoms with Gasteiger partial charge in [0.05, 0.1) is 6.61 Å². The van der Waals surface area contributed by atoms with E-state index in [-0.39, 0.29) is 0 Å². The van der Waals surface area contributed by atoms with Gasteiger partial charge in [0.1, 0.15) is 30.9 Å². The minimum absolute atomic E-state index is 0.508. The van der Waals surface area contributed by atoms with Crippen molar-refractivity contribution >= 4 is 5.91 Å². The molecular formula is C8H14N4O6. The molecular weight excluding hydrogens is 248 g/mol. The van der Waals surface area contributed by atoms with E-state index in [4.69, 9.17) is 15.4 Å². The van der Waals surface area contributed by atoms with Gasteiger partial charge in [-0.15, -0.1) is 0 Å². The van der Waals surface area contributed by atoms with Gasteiger partial charge in [-0.2, -0.15) is 0 Å². The average molecular weight is 262 g/mol. The van der Waals surface area contributed by atoms with Gasteiger partial charge in [0.2, 0.25) is 5.91 Å². The summed E-state index contributed by atoms with van der Waals surface area (Å²) in [5, 5.41) is 42.7. The van der Waals surface area contributed by atoms with E-state index in [1.807, 2.05) is 0 Å². The Balaban J connectivity index is 2.64. The van der Waals surface area contributed by atoms with Crippen LogP contribution in [0, 0.1) is 0 Å². The normalized spacial score (nSPS) is 35.7. The molecule has 10 nitrogen and oxygen atoms in total. The first kappa shape index (κ1) is 14.6. The van der Waals surface area contributed by atoms with Crippen LogP contribution in [0.2, 0.25) is 0 Å². The van der Waals surface area contributed by atoms with Crippen molar-refractivity contribution in [3.8, 4) is 0 Å². The lowest BCUT2D eigenvalue weighted by Crippen LogP contribution is -2.64. The first-order valence-corrected chi connectivity index (χ1v) is 5.12. The van der Waals surface area contributed by atoms with Crippen molar-refractivity contribution in [1.29, 1.82) is 0 Å². The fraction of sp³-hybridized carbons (Fsp3) is 0.875. The Kier molecular flexibility index (Phi) is 5.28. The van der Waals surface area contributed by atoms with E-state index in [1.54, 1.807) is 0 Å². The highest BCUT2D eigenvalue weighted by Gasteiger charge is 2.44. The summed E-state index contributed by atoms with van der Waals surface area (Å²) in [6.07, 6.45) is -5.69. The SMILES string of the molecule is [N-]=[N+]=NCC(=O)NC1C(O)OC(CO)[C@@H](O)C1O. The smallest absolute Gasteiger partial charge is 0.226 e. The van der Waals surface area contributed by atoms with E-state index in [0.717, 1.165) is 0 Å². The number of azide groups is 1. The van der Waals surface area contributed by atoms with E-state index >= 15 is 0 Å². The topological polar surface area (TPSA) is 168 Å². The van der Waals surface area contributed by atoms with E-state index in [0.29, 0.717) is 0 Å². The lowest BCUT2D eigenvalue weighted by atomic mass is 9.97. The molecule has 0 aromatic carbocycles. The van der Waals surface area contributed by atoms with Gasteiger partial charge in [-0.25, -0.2) is 0 Å². The number of aliphatic hydroxyl groups is 4. The molecule has 1 amide bonds. The van der Waals surface area contributed by atoms with Gasteiger partial charge in [-0.3, -0.25) is 4.79 Å². The van der Waals surface area contributed by atoms with Crippen LogP contribution in [0.5, 0.6) is 0 Å². The Bertz CT molecular complexity index is 346. The zero-order chi connectivity index (χ0) is 13.7. The second-order valence-electron chi connectivity index (χ2n) is 3.71. The predicted octanol–water partition coefficient (Wildman–Crippen LogP) is -2.79. The van der Waals surface area contributed by atoms with Crippen molar-refractivity contribution < 1.29 is 30.0 Å². The number of nitrogens with zero attached hydrogens (tertiary/aromatic N) is 3. The lowest BCUT2D eigenvalue weighted by Gasteiger charge is -2.40. The molecule has 4 unspecified atom stereocenters. The molecule has 0 saturated carbocycles. The van der Waals surface area contributed by atoms with Gasteiger partial charge >= 0.3 is 0 Å². The zero-order valence-electron chi connectivity index (χ0n) is 9.25. The molecule has 5 atom stereocenters. The number of ether oxygens (including phenoxy) is 1. The molecule has 0 aromatic rings. The second kappa shape index (κ2) is 6.50. The van der Waals surface area contributed by atoms with Crippen molar-refractivity contribution in [2.45, 2.75) is 30.6 Å². The monoisotopic (exact) mass is 262 g/mol. The largest absolute Gasteiger partial charge is 0.394 e. The van der Waals surface area contributed by atoms with Gasteiger partial charge in [-0.1, -0.05) is 5.11 Å². The first-order chi connectivity index (χ1) is 8.51. The van der Waals surface area contributed by atoms with Crippen LogP contribution in [-0.2, 0) is 9.53 Å². The molecule has 5 N–H and O–H groups in total. The highest BCUT2D eigenvalue weighted by molar-refractivity contribution is 5.78. The summed E-state index contributed by atoms with van der Waals surface area (Å²) in [5.41, 5.74) is 8.02. The van der Waals surface area contributed by atoms with Crippen molar-refractivity contribution in [2.24, 2.45) is 5.11 Å². The maximum Gasteiger partial charge on any atom is 0.226 e. The lowest BCUT2D eigenvalue weighted by molar-refractivity contribution is -0.253. The summed E-state index contributed by atoms with van der Waals surface area (Å²) in [5.74, 6) is -0.742. The molecule has 1 aliphatic heterocycles. The molecule has 0 spiro atoms. The number of carbonyl (C=O) groups excluding carboxylic acids is 1. The first-order valence-electron chi connectivity index (χ1n) is 5.12. The van der Waals surface area contributed by atoms with Crippen LogP contribution in [0.15, 0.2) is 5.11 Å². The Morgan fingerprint density at radius 2 is 2.06 bits per heavy atom. The number of hydrogen-bond acceptors (Lipinski definition) is 7. The summed E-state index contributed by atoms with van der Waals surface area (Å²) < 4.78 is 4.81. The van der Waals surface area contributed by atoms with Crippen molar-refractivity contribution in [1.82, 2.24) is 5.32 Å². The molecule has 0 bridgehead atoms. The highest BCUT2D eigenvalue weighted by atomic mass is 16.6. The van der Waals surface area contributed by atoms with Crippen LogP contribution in [0.3, 0.4) is 0 Å². The quantitative estimate of drug-likeness (QED) is 0.208. The van der Waals surface area contributed by atoms with Crippen LogP contribution < -0.4 is 5.32 Å². The molecule has 0 aromatic heterocycles. The maximum atomic E-state index is 11.2. The van der Waals surface area contributed by atoms with Gasteiger partial charge in [0.25, 0.3) is 0 Å². The van der Waals surface area contributed by atoms with Gasteiger partial charge in [-0.05, 0) is 5.53 Å². The molecule has 1 fully saturated rings. The van der Waals surface area contributed by atoms with E-state index < -0.39 is 49.7 Å². The summed E-state index contributed by atoms with van der Waals surface area (Å²) in [7, 11) is 0. The number of hydrogen-bond donors (Lipinski definition) is 5. The number of nitrogens with one attached hydrogen (secondary N) is 1. The standard InChI is InChI=1S/C8H14N4O6/c9-12-10-1-4(14)11-5-7(16)6(15)3(2-13)18-8(5)17/h3,5-8,13,15-17H,1-2H2,(H,11,14)/t3?,5?,6-,7?,8?/m1/s1. The van der Waals surface area contributed by atoms with Crippen molar-refractivity contribution in [2.75, 3.05) is 13.2 Å². The zero-order valence-corrected chi connectivity index (χ0v) is 9.25. The summed E-state index contributed by atoms with van der Waals surface area (Å²) in [6, 6.07) is -1.27. The Hall–Kier alpha value is -1.42. The van der Waals surface area contributed by atoms with Crippen molar-refractivity contribution in [3.05, 3.63) is 10.4 Å². The third-order valence-electron chi connectivity index (χ3n) is 2.51. The number of rotatable bonds is 4.